The van der Waals surface area contributed by atoms with Gasteiger partial charge in [0.2, 0.25) is 5.69 Å². The monoisotopic (exact) mass is 406 g/mol. The molecule has 0 saturated carbocycles. The van der Waals surface area contributed by atoms with E-state index in [0.29, 0.717) is 5.92 Å². The second-order valence-electron chi connectivity index (χ2n) is 9.81. The van der Waals surface area contributed by atoms with Gasteiger partial charge < -0.3 is 0 Å². The molecule has 1 unspecified atom stereocenters. The quantitative estimate of drug-likeness (QED) is 0.311. The van der Waals surface area contributed by atoms with Gasteiger partial charge in [-0.1, -0.05) is 70.2 Å². The van der Waals surface area contributed by atoms with Crippen LogP contribution in [-0.2, 0) is 12.5 Å². The molecule has 0 spiro atoms. The number of benzene rings is 3. The molecule has 0 N–H and O–H groups in total. The molecule has 1 aliphatic rings. The lowest BCUT2D eigenvalue weighted by atomic mass is 9.81. The molecule has 1 aromatic heterocycles. The molecular formula is C30H32N+. The van der Waals surface area contributed by atoms with Crippen LogP contribution in [0, 0.1) is 6.92 Å². The van der Waals surface area contributed by atoms with Gasteiger partial charge >= 0.3 is 0 Å². The Morgan fingerprint density at radius 2 is 1.65 bits per heavy atom. The molecule has 4 aromatic rings. The molecule has 1 heteroatoms. The largest absolute Gasteiger partial charge is 0.220 e. The number of hydrogen-bond acceptors (Lipinski definition) is 0. The van der Waals surface area contributed by atoms with Crippen LogP contribution < -0.4 is 4.57 Å². The van der Waals surface area contributed by atoms with Crippen LogP contribution in [0.2, 0.25) is 0 Å². The Morgan fingerprint density at radius 1 is 0.871 bits per heavy atom. The zero-order valence-electron chi connectivity index (χ0n) is 19.6. The molecule has 0 bridgehead atoms. The predicted octanol–water partition coefficient (Wildman–Crippen LogP) is 7.46. The fraction of sp³-hybridized carbons (Fsp3) is 0.300. The Morgan fingerprint density at radius 3 is 2.42 bits per heavy atom. The van der Waals surface area contributed by atoms with Gasteiger partial charge in [0.25, 0.3) is 0 Å². The molecule has 1 aliphatic carbocycles. The van der Waals surface area contributed by atoms with E-state index in [0.717, 1.165) is 0 Å². The van der Waals surface area contributed by atoms with E-state index in [1.165, 1.54) is 61.8 Å². The van der Waals surface area contributed by atoms with Crippen LogP contribution in [0.5, 0.6) is 0 Å². The summed E-state index contributed by atoms with van der Waals surface area (Å²) in [5.74, 6) is 0.586. The van der Waals surface area contributed by atoms with Gasteiger partial charge in [-0.05, 0) is 70.2 Å². The topological polar surface area (TPSA) is 3.88 Å². The molecule has 0 radical (unpaired) electrons. The van der Waals surface area contributed by atoms with Crippen molar-refractivity contribution >= 4 is 10.8 Å². The van der Waals surface area contributed by atoms with E-state index in [-0.39, 0.29) is 5.41 Å². The van der Waals surface area contributed by atoms with Crippen molar-refractivity contribution in [1.29, 1.82) is 0 Å². The smallest absolute Gasteiger partial charge is 0.200 e. The Bertz CT molecular complexity index is 1330. The van der Waals surface area contributed by atoms with Crippen molar-refractivity contribution < 1.29 is 4.57 Å². The zero-order chi connectivity index (χ0) is 21.9. The summed E-state index contributed by atoms with van der Waals surface area (Å²) in [4.78, 5) is 0. The second-order valence-corrected chi connectivity index (χ2v) is 9.81. The van der Waals surface area contributed by atoms with Crippen molar-refractivity contribution in [3.63, 3.8) is 0 Å². The van der Waals surface area contributed by atoms with E-state index in [1.807, 2.05) is 0 Å². The van der Waals surface area contributed by atoms with E-state index in [1.54, 1.807) is 0 Å². The standard InChI is InChI=1S/C30H32N/c1-7-19(2)21-12-13-23-22(17-21)14-15-31(6)29(23)25-18-28-26(16-20(25)3)24-10-8-9-11-27(24)30(28,4)5/h8-19H,7H2,1-6H3/q+1. The highest BCUT2D eigenvalue weighted by atomic mass is 14.9. The van der Waals surface area contributed by atoms with Crippen molar-refractivity contribution in [2.24, 2.45) is 7.05 Å². The molecule has 1 heterocycles. The van der Waals surface area contributed by atoms with E-state index in [9.17, 15) is 0 Å². The van der Waals surface area contributed by atoms with Gasteiger partial charge in [0, 0.05) is 11.5 Å². The summed E-state index contributed by atoms with van der Waals surface area (Å²) < 4.78 is 2.29. The average Bonchev–Trinajstić information content (AvgIpc) is 2.99. The van der Waals surface area contributed by atoms with E-state index in [2.05, 4.69) is 113 Å². The molecule has 0 aliphatic heterocycles. The molecule has 31 heavy (non-hydrogen) atoms. The first kappa shape index (κ1) is 20.0. The highest BCUT2D eigenvalue weighted by Gasteiger charge is 2.36. The Labute approximate surface area is 186 Å². The van der Waals surface area contributed by atoms with Gasteiger partial charge in [-0.15, -0.1) is 0 Å². The Balaban J connectivity index is 1.76. The zero-order valence-corrected chi connectivity index (χ0v) is 19.6. The predicted molar refractivity (Wildman–Crippen MR) is 132 cm³/mol. The van der Waals surface area contributed by atoms with Gasteiger partial charge in [-0.3, -0.25) is 0 Å². The van der Waals surface area contributed by atoms with Crippen LogP contribution in [0.15, 0.2) is 66.9 Å². The number of nitrogens with zero attached hydrogens (tertiary/aromatic N) is 1. The first-order chi connectivity index (χ1) is 14.8. The van der Waals surface area contributed by atoms with Crippen molar-refractivity contribution in [2.75, 3.05) is 0 Å². The maximum absolute atomic E-state index is 2.46. The number of hydrogen-bond donors (Lipinski definition) is 0. The molecule has 1 nitrogen and oxygen atoms in total. The summed E-state index contributed by atoms with van der Waals surface area (Å²) in [6.07, 6.45) is 3.38. The second kappa shape index (κ2) is 7.05. The SMILES string of the molecule is CCC(C)c1ccc2c(-c3cc4c(cc3C)-c3ccccc3C4(C)C)[n+](C)ccc2c1. The summed E-state index contributed by atoms with van der Waals surface area (Å²) in [5.41, 5.74) is 11.1. The third-order valence-electron chi connectivity index (χ3n) is 7.53. The number of aryl methyl sites for hydroxylation is 2. The average molecular weight is 407 g/mol. The van der Waals surface area contributed by atoms with Crippen molar-refractivity contribution in [3.05, 3.63) is 89.1 Å². The summed E-state index contributed by atoms with van der Waals surface area (Å²) in [6, 6.07) is 23.1. The van der Waals surface area contributed by atoms with Crippen LogP contribution in [0.3, 0.4) is 0 Å². The molecule has 0 fully saturated rings. The molecule has 0 amide bonds. The summed E-state index contributed by atoms with van der Waals surface area (Å²) in [7, 11) is 2.17. The summed E-state index contributed by atoms with van der Waals surface area (Å²) >= 11 is 0. The fourth-order valence-electron chi connectivity index (χ4n) is 5.38. The number of fused-ring (bicyclic) bond motifs is 4. The lowest BCUT2D eigenvalue weighted by Crippen LogP contribution is -2.31. The normalized spacial score (nSPS) is 15.0. The van der Waals surface area contributed by atoms with Gasteiger partial charge in [0.1, 0.15) is 7.05 Å². The first-order valence-corrected chi connectivity index (χ1v) is 11.5. The molecule has 5 rings (SSSR count). The minimum atomic E-state index is 0.0151. The minimum absolute atomic E-state index is 0.0151. The maximum Gasteiger partial charge on any atom is 0.220 e. The van der Waals surface area contributed by atoms with Gasteiger partial charge in [-0.2, -0.15) is 0 Å². The minimum Gasteiger partial charge on any atom is -0.200 e. The molecule has 0 saturated heterocycles. The highest BCUT2D eigenvalue weighted by Crippen LogP contribution is 2.50. The van der Waals surface area contributed by atoms with Gasteiger partial charge in [-0.25, -0.2) is 4.57 Å². The number of aromatic nitrogens is 1. The van der Waals surface area contributed by atoms with Crippen molar-refractivity contribution in [3.8, 4) is 22.4 Å². The molecule has 1 atom stereocenters. The fourth-order valence-corrected chi connectivity index (χ4v) is 5.38. The third-order valence-corrected chi connectivity index (χ3v) is 7.53. The number of pyridine rings is 1. The first-order valence-electron chi connectivity index (χ1n) is 11.5. The van der Waals surface area contributed by atoms with E-state index in [4.69, 9.17) is 0 Å². The van der Waals surface area contributed by atoms with Crippen molar-refractivity contribution in [2.45, 2.75) is 52.4 Å². The number of rotatable bonds is 3. The highest BCUT2D eigenvalue weighted by molar-refractivity contribution is 5.95. The molecule has 156 valence electrons. The summed E-state index contributed by atoms with van der Waals surface area (Å²) in [6.45, 7) is 11.6. The molecule has 3 aromatic carbocycles. The maximum atomic E-state index is 2.46. The van der Waals surface area contributed by atoms with Crippen LogP contribution in [0.1, 0.15) is 62.3 Å². The Kier molecular flexibility index (Phi) is 4.55. The van der Waals surface area contributed by atoms with Crippen LogP contribution >= 0.6 is 0 Å². The summed E-state index contributed by atoms with van der Waals surface area (Å²) in [5, 5.41) is 2.65. The third kappa shape index (κ3) is 2.94. The van der Waals surface area contributed by atoms with Crippen LogP contribution in [-0.4, -0.2) is 0 Å². The Hall–Kier alpha value is -2.93. The van der Waals surface area contributed by atoms with E-state index < -0.39 is 0 Å². The molecular weight excluding hydrogens is 374 g/mol. The van der Waals surface area contributed by atoms with Gasteiger partial charge in [0.05, 0.1) is 10.9 Å². The lowest BCUT2D eigenvalue weighted by Gasteiger charge is -2.22. The lowest BCUT2D eigenvalue weighted by molar-refractivity contribution is -0.659. The van der Waals surface area contributed by atoms with Crippen LogP contribution in [0.25, 0.3) is 33.2 Å². The van der Waals surface area contributed by atoms with Gasteiger partial charge in [0.15, 0.2) is 6.20 Å². The van der Waals surface area contributed by atoms with Crippen LogP contribution in [0.4, 0.5) is 0 Å². The van der Waals surface area contributed by atoms with Crippen molar-refractivity contribution in [1.82, 2.24) is 0 Å². The van der Waals surface area contributed by atoms with E-state index >= 15 is 0 Å².